The van der Waals surface area contributed by atoms with E-state index in [9.17, 15) is 18.4 Å². The van der Waals surface area contributed by atoms with Crippen molar-refractivity contribution < 1.29 is 18.4 Å². The lowest BCUT2D eigenvalue weighted by molar-refractivity contribution is -0.117. The van der Waals surface area contributed by atoms with Crippen LogP contribution >= 0.6 is 0 Å². The van der Waals surface area contributed by atoms with Crippen LogP contribution in [0, 0.1) is 11.6 Å². The normalized spacial score (nSPS) is 17.4. The van der Waals surface area contributed by atoms with Crippen LogP contribution in [-0.4, -0.2) is 34.6 Å². The predicted molar refractivity (Wildman–Crippen MR) is 87.3 cm³/mol. The molecule has 2 N–H and O–H groups in total. The number of hydrogen-bond acceptors (Lipinski definition) is 3. The highest BCUT2D eigenvalue weighted by atomic mass is 19.1. The summed E-state index contributed by atoms with van der Waals surface area (Å²) in [7, 11) is 0. The van der Waals surface area contributed by atoms with E-state index >= 15 is 0 Å². The molecule has 0 spiro atoms. The second-order valence-electron chi connectivity index (χ2n) is 6.30. The molecule has 1 aliphatic heterocycles. The smallest absolute Gasteiger partial charge is 0.255 e. The third-order valence-corrected chi connectivity index (χ3v) is 4.16. The molecular weight excluding hydrogens is 330 g/mol. The second kappa shape index (κ2) is 6.62. The van der Waals surface area contributed by atoms with Gasteiger partial charge in [0.25, 0.3) is 5.91 Å². The van der Waals surface area contributed by atoms with Gasteiger partial charge in [-0.2, -0.15) is 5.10 Å². The fourth-order valence-electron chi connectivity index (χ4n) is 2.95. The molecule has 1 aromatic heterocycles. The van der Waals surface area contributed by atoms with Crippen molar-refractivity contribution in [3.8, 4) is 0 Å². The molecule has 2 amide bonds. The number of hydrogen-bond donors (Lipinski definition) is 2. The summed E-state index contributed by atoms with van der Waals surface area (Å²) in [6.07, 6.45) is 1.41. The van der Waals surface area contributed by atoms with Crippen molar-refractivity contribution >= 4 is 17.5 Å². The first-order valence-electron chi connectivity index (χ1n) is 7.97. The number of amides is 2. The standard InChI is InChI=1S/C17H18F2N4O2/c1-9(2)15-11(7-20-22-15)17(25)21-10-6-14(24)23(8-10)16-12(18)4-3-5-13(16)19/h3-5,7,9-10H,6,8H2,1-2H3,(H,20,22)(H,21,25). The van der Waals surface area contributed by atoms with E-state index in [-0.39, 0.29) is 30.5 Å². The van der Waals surface area contributed by atoms with Gasteiger partial charge < -0.3 is 10.2 Å². The highest BCUT2D eigenvalue weighted by Crippen LogP contribution is 2.27. The minimum atomic E-state index is -0.808. The summed E-state index contributed by atoms with van der Waals surface area (Å²) in [5.74, 6) is -2.34. The molecule has 0 radical (unpaired) electrons. The number of para-hydroxylation sites is 1. The molecule has 6 nitrogen and oxygen atoms in total. The lowest BCUT2D eigenvalue weighted by Gasteiger charge is -2.18. The molecule has 0 aliphatic carbocycles. The minimum Gasteiger partial charge on any atom is -0.347 e. The lowest BCUT2D eigenvalue weighted by Crippen LogP contribution is -2.37. The highest BCUT2D eigenvalue weighted by Gasteiger charge is 2.35. The number of aromatic amines is 1. The predicted octanol–water partition coefficient (Wildman–Crippen LogP) is 2.35. The van der Waals surface area contributed by atoms with Gasteiger partial charge in [0, 0.05) is 13.0 Å². The minimum absolute atomic E-state index is 0.0112. The Morgan fingerprint density at radius 2 is 2.04 bits per heavy atom. The summed E-state index contributed by atoms with van der Waals surface area (Å²) in [5.41, 5.74) is 0.715. The zero-order valence-electron chi connectivity index (χ0n) is 13.8. The van der Waals surface area contributed by atoms with Crippen molar-refractivity contribution in [2.75, 3.05) is 11.4 Å². The van der Waals surface area contributed by atoms with Crippen LogP contribution in [0.5, 0.6) is 0 Å². The number of benzene rings is 1. The quantitative estimate of drug-likeness (QED) is 0.890. The largest absolute Gasteiger partial charge is 0.347 e. The fourth-order valence-corrected chi connectivity index (χ4v) is 2.95. The molecule has 8 heteroatoms. The van der Waals surface area contributed by atoms with Crippen LogP contribution in [0.2, 0.25) is 0 Å². The monoisotopic (exact) mass is 348 g/mol. The van der Waals surface area contributed by atoms with Gasteiger partial charge in [-0.1, -0.05) is 19.9 Å². The Morgan fingerprint density at radius 3 is 2.68 bits per heavy atom. The Morgan fingerprint density at radius 1 is 1.36 bits per heavy atom. The maximum atomic E-state index is 13.9. The summed E-state index contributed by atoms with van der Waals surface area (Å²) in [4.78, 5) is 25.6. The summed E-state index contributed by atoms with van der Waals surface area (Å²) < 4.78 is 27.8. The molecule has 1 aromatic carbocycles. The van der Waals surface area contributed by atoms with E-state index in [0.717, 1.165) is 17.0 Å². The average molecular weight is 348 g/mol. The van der Waals surface area contributed by atoms with Crippen LogP contribution in [0.1, 0.15) is 42.2 Å². The molecule has 25 heavy (non-hydrogen) atoms. The third kappa shape index (κ3) is 3.24. The molecule has 132 valence electrons. The first-order valence-corrected chi connectivity index (χ1v) is 7.97. The summed E-state index contributed by atoms with van der Waals surface area (Å²) in [6, 6.07) is 2.89. The molecule has 1 unspecified atom stereocenters. The van der Waals surface area contributed by atoms with Gasteiger partial charge in [0.05, 0.1) is 23.5 Å². The maximum Gasteiger partial charge on any atom is 0.255 e. The molecule has 3 rings (SSSR count). The van der Waals surface area contributed by atoms with E-state index in [2.05, 4.69) is 15.5 Å². The average Bonchev–Trinajstić information content (AvgIpc) is 3.15. The number of H-pyrrole nitrogens is 1. The summed E-state index contributed by atoms with van der Waals surface area (Å²) >= 11 is 0. The second-order valence-corrected chi connectivity index (χ2v) is 6.30. The van der Waals surface area contributed by atoms with Crippen LogP contribution in [0.15, 0.2) is 24.4 Å². The Hall–Kier alpha value is -2.77. The molecule has 2 aromatic rings. The molecule has 2 heterocycles. The SMILES string of the molecule is CC(C)c1[nH]ncc1C(=O)NC1CC(=O)N(c2c(F)cccc2F)C1. The molecule has 1 saturated heterocycles. The number of nitrogens with zero attached hydrogens (tertiary/aromatic N) is 2. The van der Waals surface area contributed by atoms with Gasteiger partial charge in [-0.05, 0) is 18.1 Å². The number of aromatic nitrogens is 2. The van der Waals surface area contributed by atoms with Crippen molar-refractivity contribution in [2.24, 2.45) is 0 Å². The van der Waals surface area contributed by atoms with Crippen LogP contribution in [-0.2, 0) is 4.79 Å². The molecule has 1 fully saturated rings. The number of nitrogens with one attached hydrogen (secondary N) is 2. The zero-order valence-corrected chi connectivity index (χ0v) is 13.8. The van der Waals surface area contributed by atoms with E-state index in [1.807, 2.05) is 13.8 Å². The highest BCUT2D eigenvalue weighted by molar-refractivity contribution is 5.99. The van der Waals surface area contributed by atoms with Gasteiger partial charge in [0.1, 0.15) is 17.3 Å². The number of carbonyl (C=O) groups is 2. The van der Waals surface area contributed by atoms with Crippen molar-refractivity contribution in [1.29, 1.82) is 0 Å². The van der Waals surface area contributed by atoms with E-state index in [1.165, 1.54) is 12.3 Å². The number of carbonyl (C=O) groups excluding carboxylic acids is 2. The third-order valence-electron chi connectivity index (χ3n) is 4.16. The first kappa shape index (κ1) is 17.1. The fraction of sp³-hybridized carbons (Fsp3) is 0.353. The molecule has 0 bridgehead atoms. The topological polar surface area (TPSA) is 78.1 Å². The van der Waals surface area contributed by atoms with Gasteiger partial charge in [-0.3, -0.25) is 14.7 Å². The van der Waals surface area contributed by atoms with Gasteiger partial charge in [-0.25, -0.2) is 8.78 Å². The molecule has 1 atom stereocenters. The van der Waals surface area contributed by atoms with Crippen LogP contribution in [0.3, 0.4) is 0 Å². The molecule has 1 aliphatic rings. The van der Waals surface area contributed by atoms with Crippen molar-refractivity contribution in [2.45, 2.75) is 32.2 Å². The molecular formula is C17H18F2N4O2. The van der Waals surface area contributed by atoms with Crippen molar-refractivity contribution in [1.82, 2.24) is 15.5 Å². The summed E-state index contributed by atoms with van der Waals surface area (Å²) in [5, 5.41) is 9.40. The van der Waals surface area contributed by atoms with Crippen LogP contribution in [0.25, 0.3) is 0 Å². The van der Waals surface area contributed by atoms with E-state index in [1.54, 1.807) is 0 Å². The van der Waals surface area contributed by atoms with Crippen LogP contribution in [0.4, 0.5) is 14.5 Å². The van der Waals surface area contributed by atoms with Gasteiger partial charge in [-0.15, -0.1) is 0 Å². The number of rotatable bonds is 4. The van der Waals surface area contributed by atoms with Gasteiger partial charge in [0.2, 0.25) is 5.91 Å². The lowest BCUT2D eigenvalue weighted by atomic mass is 10.1. The van der Waals surface area contributed by atoms with E-state index < -0.39 is 23.6 Å². The first-order chi connectivity index (χ1) is 11.9. The Labute approximate surface area is 143 Å². The maximum absolute atomic E-state index is 13.9. The zero-order chi connectivity index (χ0) is 18.1. The summed E-state index contributed by atoms with van der Waals surface area (Å²) in [6.45, 7) is 3.86. The van der Waals surface area contributed by atoms with E-state index in [4.69, 9.17) is 0 Å². The van der Waals surface area contributed by atoms with Crippen LogP contribution < -0.4 is 10.2 Å². The number of halogens is 2. The Bertz CT molecular complexity index is 798. The van der Waals surface area contributed by atoms with E-state index in [0.29, 0.717) is 11.3 Å². The van der Waals surface area contributed by atoms with Gasteiger partial charge >= 0.3 is 0 Å². The van der Waals surface area contributed by atoms with Crippen molar-refractivity contribution in [3.63, 3.8) is 0 Å². The Kier molecular flexibility index (Phi) is 4.52. The molecule has 0 saturated carbocycles. The Balaban J connectivity index is 1.75. The number of anilines is 1. The van der Waals surface area contributed by atoms with Crippen molar-refractivity contribution in [3.05, 3.63) is 47.3 Å². The van der Waals surface area contributed by atoms with Gasteiger partial charge in [0.15, 0.2) is 0 Å².